The molecule has 0 unspecified atom stereocenters. The minimum atomic E-state index is 0.433. The van der Waals surface area contributed by atoms with Crippen molar-refractivity contribution in [1.29, 1.82) is 0 Å². The number of nitrogens with one attached hydrogen (secondary N) is 2. The summed E-state index contributed by atoms with van der Waals surface area (Å²) in [5, 5.41) is 7.03. The summed E-state index contributed by atoms with van der Waals surface area (Å²) in [6.45, 7) is 4.64. The first kappa shape index (κ1) is 5.69. The van der Waals surface area contributed by atoms with Crippen LogP contribution in [0.4, 0.5) is 0 Å². The molecule has 0 saturated carbocycles. The molecule has 2 aliphatic heterocycles. The van der Waals surface area contributed by atoms with E-state index in [1.54, 1.807) is 0 Å². The van der Waals surface area contributed by atoms with Crippen LogP contribution in [0.25, 0.3) is 0 Å². The molecule has 2 nitrogen and oxygen atoms in total. The molecule has 2 heterocycles. The van der Waals surface area contributed by atoms with Gasteiger partial charge < -0.3 is 10.6 Å². The van der Waals surface area contributed by atoms with Gasteiger partial charge in [0.2, 0.25) is 0 Å². The van der Waals surface area contributed by atoms with E-state index in [1.807, 2.05) is 0 Å². The van der Waals surface area contributed by atoms with Gasteiger partial charge in [0.05, 0.1) is 0 Å². The summed E-state index contributed by atoms with van der Waals surface area (Å²) in [6, 6.07) is 0.767. The fourth-order valence-electron chi connectivity index (χ4n) is 1.94. The largest absolute Gasteiger partial charge is 0.313 e. The fraction of sp³-hybridized carbons (Fsp3) is 1.00. The van der Waals surface area contributed by atoms with E-state index in [0.717, 1.165) is 12.6 Å². The SMILES string of the molecule is C[C@@]12CC[C@H](CNC1)N2. The molecule has 0 amide bonds. The lowest BCUT2D eigenvalue weighted by Gasteiger charge is -2.31. The molecule has 2 fully saturated rings. The predicted molar refractivity (Wildman–Crippen MR) is 37.4 cm³/mol. The van der Waals surface area contributed by atoms with E-state index in [4.69, 9.17) is 0 Å². The molecule has 2 N–H and O–H groups in total. The monoisotopic (exact) mass is 126 g/mol. The first-order valence-corrected chi connectivity index (χ1v) is 3.77. The van der Waals surface area contributed by atoms with Gasteiger partial charge in [0.1, 0.15) is 0 Å². The summed E-state index contributed by atoms with van der Waals surface area (Å²) in [7, 11) is 0. The first-order chi connectivity index (χ1) is 4.29. The summed E-state index contributed by atoms with van der Waals surface area (Å²) in [4.78, 5) is 0. The van der Waals surface area contributed by atoms with Gasteiger partial charge in [-0.1, -0.05) is 0 Å². The van der Waals surface area contributed by atoms with Crippen molar-refractivity contribution >= 4 is 0 Å². The fourth-order valence-corrected chi connectivity index (χ4v) is 1.94. The Labute approximate surface area is 56.0 Å². The van der Waals surface area contributed by atoms with E-state index in [2.05, 4.69) is 17.6 Å². The molecule has 2 rings (SSSR count). The van der Waals surface area contributed by atoms with Crippen LogP contribution in [0.2, 0.25) is 0 Å². The van der Waals surface area contributed by atoms with Crippen molar-refractivity contribution in [1.82, 2.24) is 10.6 Å². The molecule has 0 aliphatic carbocycles. The van der Waals surface area contributed by atoms with Gasteiger partial charge in [0, 0.05) is 24.7 Å². The zero-order chi connectivity index (χ0) is 6.32. The van der Waals surface area contributed by atoms with E-state index in [9.17, 15) is 0 Å². The molecule has 0 radical (unpaired) electrons. The van der Waals surface area contributed by atoms with Crippen LogP contribution < -0.4 is 10.6 Å². The van der Waals surface area contributed by atoms with E-state index < -0.39 is 0 Å². The van der Waals surface area contributed by atoms with Gasteiger partial charge in [-0.15, -0.1) is 0 Å². The number of piperazine rings is 1. The van der Waals surface area contributed by atoms with Gasteiger partial charge >= 0.3 is 0 Å². The number of hydrogen-bond donors (Lipinski definition) is 2. The molecule has 2 saturated heterocycles. The van der Waals surface area contributed by atoms with Crippen molar-refractivity contribution in [2.45, 2.75) is 31.3 Å². The van der Waals surface area contributed by atoms with Crippen molar-refractivity contribution in [2.24, 2.45) is 0 Å². The maximum atomic E-state index is 3.60. The van der Waals surface area contributed by atoms with Crippen LogP contribution in [-0.2, 0) is 0 Å². The van der Waals surface area contributed by atoms with Crippen molar-refractivity contribution < 1.29 is 0 Å². The van der Waals surface area contributed by atoms with Crippen molar-refractivity contribution in [3.05, 3.63) is 0 Å². The molecule has 2 bridgehead atoms. The van der Waals surface area contributed by atoms with Crippen LogP contribution in [0.1, 0.15) is 19.8 Å². The summed E-state index contributed by atoms with van der Waals surface area (Å²) < 4.78 is 0. The predicted octanol–water partition coefficient (Wildman–Crippen LogP) is 0.100. The van der Waals surface area contributed by atoms with Crippen LogP contribution in [0.5, 0.6) is 0 Å². The lowest BCUT2D eigenvalue weighted by molar-refractivity contribution is 0.319. The molecule has 2 atom stereocenters. The van der Waals surface area contributed by atoms with Gasteiger partial charge in [-0.3, -0.25) is 0 Å². The normalized spacial score (nSPS) is 49.7. The Morgan fingerprint density at radius 2 is 2.44 bits per heavy atom. The third kappa shape index (κ3) is 0.864. The lowest BCUT2D eigenvalue weighted by atomic mass is 10.0. The molecule has 0 spiro atoms. The molecular formula is C7H14N2. The van der Waals surface area contributed by atoms with Crippen molar-refractivity contribution in [2.75, 3.05) is 13.1 Å². The molecule has 0 aromatic rings. The Hall–Kier alpha value is -0.0800. The Kier molecular flexibility index (Phi) is 1.08. The second-order valence-electron chi connectivity index (χ2n) is 3.57. The molecular weight excluding hydrogens is 112 g/mol. The second kappa shape index (κ2) is 1.70. The molecule has 0 aromatic heterocycles. The van der Waals surface area contributed by atoms with Gasteiger partial charge in [-0.2, -0.15) is 0 Å². The molecule has 2 heteroatoms. The molecule has 52 valence electrons. The van der Waals surface area contributed by atoms with E-state index >= 15 is 0 Å². The standard InChI is InChI=1S/C7H14N2/c1-7-3-2-6(9-7)4-8-5-7/h6,8-9H,2-5H2,1H3/t6-,7-/m1/s1. The van der Waals surface area contributed by atoms with E-state index in [-0.39, 0.29) is 0 Å². The highest BCUT2D eigenvalue weighted by Gasteiger charge is 2.36. The molecule has 2 aliphatic rings. The summed E-state index contributed by atoms with van der Waals surface area (Å²) in [6.07, 6.45) is 2.72. The summed E-state index contributed by atoms with van der Waals surface area (Å²) in [5.74, 6) is 0. The smallest absolute Gasteiger partial charge is 0.0281 e. The summed E-state index contributed by atoms with van der Waals surface area (Å²) >= 11 is 0. The van der Waals surface area contributed by atoms with Crippen LogP contribution >= 0.6 is 0 Å². The van der Waals surface area contributed by atoms with Gasteiger partial charge in [-0.25, -0.2) is 0 Å². The molecule has 0 aromatic carbocycles. The first-order valence-electron chi connectivity index (χ1n) is 3.77. The van der Waals surface area contributed by atoms with Gasteiger partial charge in [-0.05, 0) is 19.8 Å². The Balaban J connectivity index is 2.13. The zero-order valence-corrected chi connectivity index (χ0v) is 5.91. The van der Waals surface area contributed by atoms with Crippen LogP contribution in [0.15, 0.2) is 0 Å². The number of rotatable bonds is 0. The average molecular weight is 126 g/mol. The minimum Gasteiger partial charge on any atom is -0.313 e. The number of fused-ring (bicyclic) bond motifs is 2. The van der Waals surface area contributed by atoms with Crippen LogP contribution in [0.3, 0.4) is 0 Å². The Morgan fingerprint density at radius 3 is 3.11 bits per heavy atom. The third-order valence-electron chi connectivity index (χ3n) is 2.50. The number of hydrogen-bond acceptors (Lipinski definition) is 2. The Morgan fingerprint density at radius 1 is 1.56 bits per heavy atom. The minimum absolute atomic E-state index is 0.433. The van der Waals surface area contributed by atoms with Gasteiger partial charge in [0.15, 0.2) is 0 Å². The highest BCUT2D eigenvalue weighted by molar-refractivity contribution is 5.00. The van der Waals surface area contributed by atoms with Gasteiger partial charge in [0.25, 0.3) is 0 Å². The van der Waals surface area contributed by atoms with E-state index in [1.165, 1.54) is 19.4 Å². The van der Waals surface area contributed by atoms with Crippen molar-refractivity contribution in [3.8, 4) is 0 Å². The van der Waals surface area contributed by atoms with Crippen LogP contribution in [0, 0.1) is 0 Å². The van der Waals surface area contributed by atoms with Crippen LogP contribution in [-0.4, -0.2) is 24.7 Å². The van der Waals surface area contributed by atoms with E-state index in [0.29, 0.717) is 5.54 Å². The quantitative estimate of drug-likeness (QED) is 0.481. The maximum absolute atomic E-state index is 3.60. The topological polar surface area (TPSA) is 24.1 Å². The second-order valence-corrected chi connectivity index (χ2v) is 3.57. The average Bonchev–Trinajstić information content (AvgIpc) is 2.07. The highest BCUT2D eigenvalue weighted by Crippen LogP contribution is 2.24. The lowest BCUT2D eigenvalue weighted by Crippen LogP contribution is -2.56. The maximum Gasteiger partial charge on any atom is 0.0281 e. The zero-order valence-electron chi connectivity index (χ0n) is 5.91. The third-order valence-corrected chi connectivity index (χ3v) is 2.50. The highest BCUT2D eigenvalue weighted by atomic mass is 15.1. The molecule has 9 heavy (non-hydrogen) atoms. The summed E-state index contributed by atoms with van der Waals surface area (Å²) in [5.41, 5.74) is 0.433. The Bertz CT molecular complexity index is 120. The van der Waals surface area contributed by atoms with Crippen molar-refractivity contribution in [3.63, 3.8) is 0 Å².